The van der Waals surface area contributed by atoms with Crippen LogP contribution in [0.25, 0.3) is 0 Å². The standard InChI is InChI=1S/C16H14N4OS/c17-9-12-3-1-5-14(7-12)11-21-15-6-2-4-13(8-15)10-19-20-16(18)22/h1-8,10H,11H2,(H3,18,20,22). The van der Waals surface area contributed by atoms with E-state index in [2.05, 4.69) is 28.8 Å². The molecular formula is C16H14N4OS. The number of hydrazone groups is 1. The van der Waals surface area contributed by atoms with Crippen LogP contribution in [0.1, 0.15) is 16.7 Å². The highest BCUT2D eigenvalue weighted by atomic mass is 32.1. The predicted octanol–water partition coefficient (Wildman–Crippen LogP) is 2.30. The Kier molecular flexibility index (Phi) is 5.46. The first-order chi connectivity index (χ1) is 10.7. The van der Waals surface area contributed by atoms with Crippen molar-refractivity contribution in [2.75, 3.05) is 0 Å². The quantitative estimate of drug-likeness (QED) is 0.503. The van der Waals surface area contributed by atoms with Crippen LogP contribution in [0.5, 0.6) is 5.75 Å². The molecule has 0 spiro atoms. The second-order valence-corrected chi connectivity index (χ2v) is 4.85. The van der Waals surface area contributed by atoms with E-state index in [1.807, 2.05) is 36.4 Å². The molecule has 0 saturated carbocycles. The largest absolute Gasteiger partial charge is 0.489 e. The van der Waals surface area contributed by atoms with Crippen molar-refractivity contribution in [3.05, 3.63) is 65.2 Å². The van der Waals surface area contributed by atoms with Crippen LogP contribution in [0.3, 0.4) is 0 Å². The highest BCUT2D eigenvalue weighted by molar-refractivity contribution is 7.80. The lowest BCUT2D eigenvalue weighted by molar-refractivity contribution is 0.306. The lowest BCUT2D eigenvalue weighted by Crippen LogP contribution is -2.23. The molecule has 0 heterocycles. The van der Waals surface area contributed by atoms with Crippen molar-refractivity contribution in [1.82, 2.24) is 5.43 Å². The topological polar surface area (TPSA) is 83.4 Å². The summed E-state index contributed by atoms with van der Waals surface area (Å²) in [6, 6.07) is 16.9. The van der Waals surface area contributed by atoms with Crippen molar-refractivity contribution in [3.8, 4) is 11.8 Å². The smallest absolute Gasteiger partial charge is 0.184 e. The predicted molar refractivity (Wildman–Crippen MR) is 89.4 cm³/mol. The van der Waals surface area contributed by atoms with E-state index in [4.69, 9.17) is 15.7 Å². The molecule has 2 aromatic carbocycles. The first-order valence-corrected chi connectivity index (χ1v) is 6.88. The van der Waals surface area contributed by atoms with Gasteiger partial charge < -0.3 is 10.5 Å². The van der Waals surface area contributed by atoms with Crippen LogP contribution >= 0.6 is 12.2 Å². The normalized spacial score (nSPS) is 10.1. The van der Waals surface area contributed by atoms with Gasteiger partial charge in [0.2, 0.25) is 0 Å². The van der Waals surface area contributed by atoms with E-state index in [9.17, 15) is 0 Å². The Morgan fingerprint density at radius 1 is 1.32 bits per heavy atom. The minimum atomic E-state index is 0.112. The lowest BCUT2D eigenvalue weighted by Gasteiger charge is -2.07. The molecule has 110 valence electrons. The number of nitrogens with one attached hydrogen (secondary N) is 1. The van der Waals surface area contributed by atoms with E-state index < -0.39 is 0 Å². The van der Waals surface area contributed by atoms with Gasteiger partial charge in [0.1, 0.15) is 12.4 Å². The Labute approximate surface area is 134 Å². The second kappa shape index (κ2) is 7.76. The highest BCUT2D eigenvalue weighted by Crippen LogP contribution is 2.14. The highest BCUT2D eigenvalue weighted by Gasteiger charge is 1.99. The monoisotopic (exact) mass is 310 g/mol. The molecule has 3 N–H and O–H groups in total. The molecule has 0 aliphatic rings. The van der Waals surface area contributed by atoms with Crippen LogP contribution in [0.4, 0.5) is 0 Å². The molecule has 2 rings (SSSR count). The molecule has 0 saturated heterocycles. The number of nitrogens with zero attached hydrogens (tertiary/aromatic N) is 2. The summed E-state index contributed by atoms with van der Waals surface area (Å²) >= 11 is 4.66. The Morgan fingerprint density at radius 2 is 2.14 bits per heavy atom. The third kappa shape index (κ3) is 4.89. The summed E-state index contributed by atoms with van der Waals surface area (Å²) in [7, 11) is 0. The summed E-state index contributed by atoms with van der Waals surface area (Å²) < 4.78 is 5.72. The molecule has 0 aromatic heterocycles. The van der Waals surface area contributed by atoms with E-state index in [-0.39, 0.29) is 5.11 Å². The zero-order valence-corrected chi connectivity index (χ0v) is 12.5. The average molecular weight is 310 g/mol. The lowest BCUT2D eigenvalue weighted by atomic mass is 10.1. The Bertz CT molecular complexity index is 737. The summed E-state index contributed by atoms with van der Waals surface area (Å²) in [4.78, 5) is 0. The van der Waals surface area contributed by atoms with Gasteiger partial charge in [0.25, 0.3) is 0 Å². The maximum absolute atomic E-state index is 8.88. The van der Waals surface area contributed by atoms with Crippen molar-refractivity contribution in [2.24, 2.45) is 10.8 Å². The van der Waals surface area contributed by atoms with Crippen LogP contribution in [0.15, 0.2) is 53.6 Å². The summed E-state index contributed by atoms with van der Waals surface area (Å²) in [6.07, 6.45) is 1.60. The average Bonchev–Trinajstić information content (AvgIpc) is 2.53. The maximum atomic E-state index is 8.88. The van der Waals surface area contributed by atoms with E-state index >= 15 is 0 Å². The SMILES string of the molecule is N#Cc1cccc(COc2cccc(C=NNC(N)=S)c2)c1. The molecule has 0 aliphatic heterocycles. The van der Waals surface area contributed by atoms with E-state index in [0.717, 1.165) is 11.1 Å². The van der Waals surface area contributed by atoms with Gasteiger partial charge >= 0.3 is 0 Å². The molecule has 0 unspecified atom stereocenters. The Hall–Kier alpha value is -2.91. The van der Waals surface area contributed by atoms with Crippen molar-refractivity contribution >= 4 is 23.5 Å². The van der Waals surface area contributed by atoms with E-state index in [1.165, 1.54) is 0 Å². The summed E-state index contributed by atoms with van der Waals surface area (Å²) in [5.41, 5.74) is 10.2. The molecule has 0 fully saturated rings. The van der Waals surface area contributed by atoms with Gasteiger partial charge in [-0.05, 0) is 47.6 Å². The van der Waals surface area contributed by atoms with Crippen LogP contribution in [0.2, 0.25) is 0 Å². The first-order valence-electron chi connectivity index (χ1n) is 6.48. The molecule has 0 radical (unpaired) electrons. The van der Waals surface area contributed by atoms with Crippen molar-refractivity contribution in [2.45, 2.75) is 6.61 Å². The molecule has 6 heteroatoms. The second-order valence-electron chi connectivity index (χ2n) is 4.41. The van der Waals surface area contributed by atoms with Crippen LogP contribution < -0.4 is 15.9 Å². The fraction of sp³-hybridized carbons (Fsp3) is 0.0625. The molecule has 0 atom stereocenters. The van der Waals surface area contributed by atoms with Gasteiger partial charge in [0, 0.05) is 0 Å². The molecule has 2 aromatic rings. The van der Waals surface area contributed by atoms with Crippen molar-refractivity contribution < 1.29 is 4.74 Å². The van der Waals surface area contributed by atoms with Crippen LogP contribution in [-0.4, -0.2) is 11.3 Å². The zero-order chi connectivity index (χ0) is 15.8. The first kappa shape index (κ1) is 15.5. The molecule has 0 amide bonds. The summed E-state index contributed by atoms with van der Waals surface area (Å²) in [5, 5.41) is 12.9. The molecule has 5 nitrogen and oxygen atoms in total. The Morgan fingerprint density at radius 3 is 2.91 bits per heavy atom. The Balaban J connectivity index is 1.99. The number of thiocarbonyl (C=S) groups is 1. The summed E-state index contributed by atoms with van der Waals surface area (Å²) in [6.45, 7) is 0.390. The molecule has 0 bridgehead atoms. The molecular weight excluding hydrogens is 296 g/mol. The molecule has 0 aliphatic carbocycles. The number of hydrogen-bond acceptors (Lipinski definition) is 4. The van der Waals surface area contributed by atoms with Gasteiger partial charge in [-0.15, -0.1) is 0 Å². The number of rotatable bonds is 5. The number of hydrogen-bond donors (Lipinski definition) is 2. The third-order valence-electron chi connectivity index (χ3n) is 2.71. The van der Waals surface area contributed by atoms with Gasteiger partial charge in [-0.1, -0.05) is 24.3 Å². The van der Waals surface area contributed by atoms with E-state index in [1.54, 1.807) is 18.3 Å². The fourth-order valence-electron chi connectivity index (χ4n) is 1.75. The minimum Gasteiger partial charge on any atom is -0.489 e. The van der Waals surface area contributed by atoms with Gasteiger partial charge in [0.05, 0.1) is 17.8 Å². The summed E-state index contributed by atoms with van der Waals surface area (Å²) in [5.74, 6) is 0.710. The fourth-order valence-corrected chi connectivity index (χ4v) is 1.81. The zero-order valence-electron chi connectivity index (χ0n) is 11.7. The van der Waals surface area contributed by atoms with Gasteiger partial charge in [0.15, 0.2) is 5.11 Å². The van der Waals surface area contributed by atoms with Crippen molar-refractivity contribution in [1.29, 1.82) is 5.26 Å². The van der Waals surface area contributed by atoms with Gasteiger partial charge in [-0.3, -0.25) is 5.43 Å². The number of benzene rings is 2. The minimum absolute atomic E-state index is 0.112. The van der Waals surface area contributed by atoms with Crippen molar-refractivity contribution in [3.63, 3.8) is 0 Å². The van der Waals surface area contributed by atoms with Gasteiger partial charge in [-0.2, -0.15) is 10.4 Å². The van der Waals surface area contributed by atoms with Crippen LogP contribution in [0, 0.1) is 11.3 Å². The van der Waals surface area contributed by atoms with Gasteiger partial charge in [-0.25, -0.2) is 0 Å². The third-order valence-corrected chi connectivity index (χ3v) is 2.80. The van der Waals surface area contributed by atoms with E-state index in [0.29, 0.717) is 17.9 Å². The van der Waals surface area contributed by atoms with Crippen LogP contribution in [-0.2, 0) is 6.61 Å². The number of nitrogens with two attached hydrogens (primary N) is 1. The number of ether oxygens (including phenoxy) is 1. The number of nitriles is 1. The maximum Gasteiger partial charge on any atom is 0.184 e. The molecule has 22 heavy (non-hydrogen) atoms.